The molecule has 2 amide bonds. The second-order valence-corrected chi connectivity index (χ2v) is 7.39. The fourth-order valence-corrected chi connectivity index (χ4v) is 3.20. The van der Waals surface area contributed by atoms with Crippen molar-refractivity contribution in [2.24, 2.45) is 0 Å². The van der Waals surface area contributed by atoms with E-state index in [0.717, 1.165) is 12.1 Å². The maximum absolute atomic E-state index is 12.6. The van der Waals surface area contributed by atoms with Gasteiger partial charge in [0.25, 0.3) is 5.91 Å². The first-order valence-electron chi connectivity index (χ1n) is 9.28. The number of benzene rings is 1. The van der Waals surface area contributed by atoms with E-state index in [1.54, 1.807) is 11.9 Å². The van der Waals surface area contributed by atoms with E-state index in [0.29, 0.717) is 18.8 Å². The molecule has 0 aliphatic carbocycles. The standard InChI is InChI=1S/C20H19ClF3N3O5/c1-3-18(29)27-9-11(10-27)26(2)19(30)16-5-4-12(31-16)8-25-14-7-17(32-20(22,23)24)13(21)6-15(14)28/h3-7,11,25,28H,1,8-10H2,2H3. The van der Waals surface area contributed by atoms with E-state index in [4.69, 9.17) is 16.0 Å². The van der Waals surface area contributed by atoms with Gasteiger partial charge in [-0.15, -0.1) is 13.2 Å². The van der Waals surface area contributed by atoms with Crippen LogP contribution in [0.15, 0.2) is 41.3 Å². The molecule has 1 aliphatic rings. The van der Waals surface area contributed by atoms with Crippen molar-refractivity contribution in [1.29, 1.82) is 0 Å². The van der Waals surface area contributed by atoms with Crippen LogP contribution in [0.25, 0.3) is 0 Å². The number of hydrogen-bond donors (Lipinski definition) is 2. The number of phenols is 1. The molecular formula is C20H19ClF3N3O5. The lowest BCUT2D eigenvalue weighted by Crippen LogP contribution is -2.60. The Labute approximate surface area is 185 Å². The first-order valence-corrected chi connectivity index (χ1v) is 9.65. The molecule has 1 saturated heterocycles. The summed E-state index contributed by atoms with van der Waals surface area (Å²) < 4.78 is 46.8. The van der Waals surface area contributed by atoms with Gasteiger partial charge in [0.15, 0.2) is 5.76 Å². The van der Waals surface area contributed by atoms with Crippen molar-refractivity contribution < 1.29 is 37.0 Å². The second kappa shape index (κ2) is 9.03. The quantitative estimate of drug-likeness (QED) is 0.471. The lowest BCUT2D eigenvalue weighted by atomic mass is 10.1. The Bertz CT molecular complexity index is 1030. The molecule has 3 rings (SSSR count). The van der Waals surface area contributed by atoms with E-state index in [1.807, 2.05) is 0 Å². The van der Waals surface area contributed by atoms with E-state index in [-0.39, 0.29) is 35.8 Å². The van der Waals surface area contributed by atoms with Crippen LogP contribution in [0.2, 0.25) is 5.02 Å². The Morgan fingerprint density at radius 1 is 1.41 bits per heavy atom. The maximum atomic E-state index is 12.6. The number of anilines is 1. The third kappa shape index (κ3) is 5.28. The van der Waals surface area contributed by atoms with Gasteiger partial charge in [0, 0.05) is 32.3 Å². The number of likely N-dealkylation sites (N-methyl/N-ethyl adjacent to an activating group) is 1. The molecule has 0 atom stereocenters. The molecular weight excluding hydrogens is 455 g/mol. The van der Waals surface area contributed by atoms with Crippen molar-refractivity contribution in [1.82, 2.24) is 9.80 Å². The van der Waals surface area contributed by atoms with Gasteiger partial charge in [-0.05, 0) is 18.2 Å². The van der Waals surface area contributed by atoms with Gasteiger partial charge < -0.3 is 29.4 Å². The fraction of sp³-hybridized carbons (Fsp3) is 0.300. The van der Waals surface area contributed by atoms with Gasteiger partial charge in [-0.1, -0.05) is 18.2 Å². The summed E-state index contributed by atoms with van der Waals surface area (Å²) in [5.41, 5.74) is -0.0727. The predicted octanol–water partition coefficient (Wildman–Crippen LogP) is 3.62. The van der Waals surface area contributed by atoms with Crippen molar-refractivity contribution in [2.45, 2.75) is 18.9 Å². The van der Waals surface area contributed by atoms with Crippen LogP contribution >= 0.6 is 11.6 Å². The first kappa shape index (κ1) is 23.3. The fourth-order valence-electron chi connectivity index (χ4n) is 3.01. The van der Waals surface area contributed by atoms with Crippen LogP contribution in [0.4, 0.5) is 18.9 Å². The highest BCUT2D eigenvalue weighted by molar-refractivity contribution is 6.32. The summed E-state index contributed by atoms with van der Waals surface area (Å²) in [4.78, 5) is 27.1. The van der Waals surface area contributed by atoms with Gasteiger partial charge >= 0.3 is 6.36 Å². The molecule has 172 valence electrons. The molecule has 1 aromatic carbocycles. The molecule has 0 bridgehead atoms. The zero-order chi connectivity index (χ0) is 23.6. The molecule has 1 fully saturated rings. The minimum absolute atomic E-state index is 0.0390. The molecule has 0 spiro atoms. The Kier molecular flexibility index (Phi) is 6.58. The summed E-state index contributed by atoms with van der Waals surface area (Å²) in [6.07, 6.45) is -3.74. The summed E-state index contributed by atoms with van der Waals surface area (Å²) in [5, 5.41) is 12.2. The van der Waals surface area contributed by atoms with Gasteiger partial charge in [-0.2, -0.15) is 0 Å². The van der Waals surface area contributed by atoms with Gasteiger partial charge in [-0.3, -0.25) is 9.59 Å². The van der Waals surface area contributed by atoms with Crippen molar-refractivity contribution in [3.63, 3.8) is 0 Å². The number of nitrogens with zero attached hydrogens (tertiary/aromatic N) is 2. The Morgan fingerprint density at radius 2 is 2.09 bits per heavy atom. The molecule has 1 aromatic heterocycles. The number of ether oxygens (including phenoxy) is 1. The predicted molar refractivity (Wildman–Crippen MR) is 108 cm³/mol. The third-order valence-corrected chi connectivity index (χ3v) is 5.11. The molecule has 12 heteroatoms. The van der Waals surface area contributed by atoms with Crippen LogP contribution in [0, 0.1) is 0 Å². The zero-order valence-electron chi connectivity index (χ0n) is 16.8. The molecule has 0 unspecified atom stereocenters. The van der Waals surface area contributed by atoms with Crippen molar-refractivity contribution in [3.8, 4) is 11.5 Å². The SMILES string of the molecule is C=CC(=O)N1CC(N(C)C(=O)c2ccc(CNc3cc(OC(F)(F)F)c(Cl)cc3O)o2)C1. The highest BCUT2D eigenvalue weighted by Gasteiger charge is 2.35. The van der Waals surface area contributed by atoms with Crippen LogP contribution in [0.3, 0.4) is 0 Å². The summed E-state index contributed by atoms with van der Waals surface area (Å²) in [7, 11) is 1.59. The van der Waals surface area contributed by atoms with E-state index in [1.165, 1.54) is 23.1 Å². The number of furan rings is 1. The number of carbonyl (C=O) groups excluding carboxylic acids is 2. The van der Waals surface area contributed by atoms with Crippen LogP contribution in [-0.2, 0) is 11.3 Å². The molecule has 2 N–H and O–H groups in total. The number of aromatic hydroxyl groups is 1. The maximum Gasteiger partial charge on any atom is 0.573 e. The molecule has 0 radical (unpaired) electrons. The van der Waals surface area contributed by atoms with Gasteiger partial charge in [0.05, 0.1) is 23.3 Å². The van der Waals surface area contributed by atoms with Crippen LogP contribution < -0.4 is 10.1 Å². The number of phenolic OH excluding ortho intramolecular Hbond substituents is 1. The summed E-state index contributed by atoms with van der Waals surface area (Å²) in [6, 6.07) is 4.64. The lowest BCUT2D eigenvalue weighted by molar-refractivity contribution is -0.274. The number of rotatable bonds is 7. The number of alkyl halides is 3. The van der Waals surface area contributed by atoms with Crippen LogP contribution in [0.5, 0.6) is 11.5 Å². The third-order valence-electron chi connectivity index (χ3n) is 4.82. The van der Waals surface area contributed by atoms with E-state index in [9.17, 15) is 27.9 Å². The lowest BCUT2D eigenvalue weighted by Gasteiger charge is -2.43. The minimum Gasteiger partial charge on any atom is -0.506 e. The number of halogens is 4. The van der Waals surface area contributed by atoms with E-state index in [2.05, 4.69) is 16.6 Å². The number of likely N-dealkylation sites (tertiary alicyclic amines) is 1. The van der Waals surface area contributed by atoms with Crippen molar-refractivity contribution in [2.75, 3.05) is 25.5 Å². The monoisotopic (exact) mass is 473 g/mol. The molecule has 1 aliphatic heterocycles. The average Bonchev–Trinajstić information content (AvgIpc) is 3.15. The Hall–Kier alpha value is -3.34. The van der Waals surface area contributed by atoms with Gasteiger partial charge in [0.2, 0.25) is 5.91 Å². The number of carbonyl (C=O) groups is 2. The van der Waals surface area contributed by atoms with Crippen LogP contribution in [-0.4, -0.2) is 59.3 Å². The van der Waals surface area contributed by atoms with Crippen LogP contribution in [0.1, 0.15) is 16.3 Å². The van der Waals surface area contributed by atoms with Gasteiger partial charge in [-0.25, -0.2) is 0 Å². The molecule has 0 saturated carbocycles. The second-order valence-electron chi connectivity index (χ2n) is 6.98. The highest BCUT2D eigenvalue weighted by Crippen LogP contribution is 2.38. The number of hydrogen-bond acceptors (Lipinski definition) is 6. The topological polar surface area (TPSA) is 95.3 Å². The molecule has 32 heavy (non-hydrogen) atoms. The smallest absolute Gasteiger partial charge is 0.506 e. The first-order chi connectivity index (χ1) is 15.0. The number of nitrogens with one attached hydrogen (secondary N) is 1. The van der Waals surface area contributed by atoms with Crippen molar-refractivity contribution in [3.05, 3.63) is 53.5 Å². The minimum atomic E-state index is -4.95. The number of amides is 2. The molecule has 8 nitrogen and oxygen atoms in total. The zero-order valence-corrected chi connectivity index (χ0v) is 17.5. The largest absolute Gasteiger partial charge is 0.573 e. The van der Waals surface area contributed by atoms with E-state index < -0.39 is 22.9 Å². The molecule has 2 heterocycles. The average molecular weight is 474 g/mol. The Morgan fingerprint density at radius 3 is 2.72 bits per heavy atom. The summed E-state index contributed by atoms with van der Waals surface area (Å²) in [5.74, 6) is -1.31. The van der Waals surface area contributed by atoms with Crippen molar-refractivity contribution >= 4 is 29.1 Å². The van der Waals surface area contributed by atoms with Gasteiger partial charge in [0.1, 0.15) is 17.3 Å². The van der Waals surface area contributed by atoms with E-state index >= 15 is 0 Å². The summed E-state index contributed by atoms with van der Waals surface area (Å²) >= 11 is 5.67. The molecule has 2 aromatic rings. The normalized spacial score (nSPS) is 14.0. The highest BCUT2D eigenvalue weighted by atomic mass is 35.5. The Balaban J connectivity index is 1.61. The summed E-state index contributed by atoms with van der Waals surface area (Å²) in [6.45, 7) is 4.16.